The predicted molar refractivity (Wildman–Crippen MR) is 119 cm³/mol. The minimum absolute atomic E-state index is 0.228. The number of hydrogen-bond donors (Lipinski definition) is 1. The average Bonchev–Trinajstić information content (AvgIpc) is 2.58. The van der Waals surface area contributed by atoms with E-state index in [1.807, 2.05) is 58.3 Å². The molecule has 0 fully saturated rings. The zero-order chi connectivity index (χ0) is 20.0. The minimum Gasteiger partial charge on any atom is -0.470 e. The molecule has 0 bridgehead atoms. The highest BCUT2D eigenvalue weighted by Crippen LogP contribution is 2.27. The summed E-state index contributed by atoms with van der Waals surface area (Å²) >= 11 is 3.56. The van der Waals surface area contributed by atoms with Gasteiger partial charge in [0.2, 0.25) is 5.44 Å². The number of benzene rings is 1. The molecule has 0 aliphatic carbocycles. The summed E-state index contributed by atoms with van der Waals surface area (Å²) in [4.78, 5) is 22.1. The van der Waals surface area contributed by atoms with E-state index in [9.17, 15) is 4.79 Å². The van der Waals surface area contributed by atoms with Crippen LogP contribution in [0, 0.1) is 10.5 Å². The molecule has 0 saturated carbocycles. The Labute approximate surface area is 177 Å². The van der Waals surface area contributed by atoms with Crippen LogP contribution >= 0.6 is 34.4 Å². The number of rotatable bonds is 8. The standard InChI is InChI=1S/C19H24IN3O3S/c1-6-25-22-11-19(3,4)23-17(24)18(27-5)26-15-7-12(2)16-13(9-15)8-14(20)10-21-16/h7-11,18H,6H2,1-5H3,(H,23,24)/b22-11+. The summed E-state index contributed by atoms with van der Waals surface area (Å²) in [5.41, 5.74) is 0.602. The second-order valence-electron chi connectivity index (χ2n) is 6.51. The predicted octanol–water partition coefficient (Wildman–Crippen LogP) is 4.13. The highest BCUT2D eigenvalue weighted by atomic mass is 127. The maximum absolute atomic E-state index is 12.7. The number of nitrogens with one attached hydrogen (secondary N) is 1. The molecule has 27 heavy (non-hydrogen) atoms. The first-order valence-corrected chi connectivity index (χ1v) is 10.9. The number of aryl methyl sites for hydroxylation is 1. The van der Waals surface area contributed by atoms with Crippen molar-refractivity contribution in [2.45, 2.75) is 38.7 Å². The van der Waals surface area contributed by atoms with Gasteiger partial charge in [0, 0.05) is 15.2 Å². The number of amides is 1. The van der Waals surface area contributed by atoms with Crippen LogP contribution in [0.4, 0.5) is 0 Å². The van der Waals surface area contributed by atoms with Gasteiger partial charge in [0.25, 0.3) is 5.91 Å². The van der Waals surface area contributed by atoms with E-state index in [-0.39, 0.29) is 5.91 Å². The Kier molecular flexibility index (Phi) is 7.72. The van der Waals surface area contributed by atoms with Gasteiger partial charge in [-0.25, -0.2) is 0 Å². The summed E-state index contributed by atoms with van der Waals surface area (Å²) in [6.45, 7) is 8.00. The molecule has 1 atom stereocenters. The van der Waals surface area contributed by atoms with Crippen molar-refractivity contribution in [1.82, 2.24) is 10.3 Å². The molecule has 2 rings (SSSR count). The Balaban J connectivity index is 2.16. The first-order valence-electron chi connectivity index (χ1n) is 8.49. The van der Waals surface area contributed by atoms with Crippen molar-refractivity contribution in [2.24, 2.45) is 5.16 Å². The fourth-order valence-electron chi connectivity index (χ4n) is 2.42. The monoisotopic (exact) mass is 501 g/mol. The zero-order valence-electron chi connectivity index (χ0n) is 16.1. The third-order valence-electron chi connectivity index (χ3n) is 3.61. The van der Waals surface area contributed by atoms with Gasteiger partial charge >= 0.3 is 0 Å². The second kappa shape index (κ2) is 9.59. The van der Waals surface area contributed by atoms with Gasteiger partial charge in [-0.2, -0.15) is 0 Å². The molecule has 146 valence electrons. The number of carbonyl (C=O) groups is 1. The number of nitrogens with zero attached hydrogens (tertiary/aromatic N) is 2. The first-order chi connectivity index (χ1) is 12.8. The molecule has 0 saturated heterocycles. The van der Waals surface area contributed by atoms with Gasteiger partial charge in [-0.15, -0.1) is 11.8 Å². The molecule has 0 aliphatic rings. The number of pyridine rings is 1. The van der Waals surface area contributed by atoms with Crippen molar-refractivity contribution < 1.29 is 14.4 Å². The number of hydrogen-bond acceptors (Lipinski definition) is 6. The molecule has 1 aromatic carbocycles. The lowest BCUT2D eigenvalue weighted by molar-refractivity contribution is -0.125. The van der Waals surface area contributed by atoms with Crippen molar-refractivity contribution in [1.29, 1.82) is 0 Å². The van der Waals surface area contributed by atoms with Crippen molar-refractivity contribution >= 4 is 57.4 Å². The smallest absolute Gasteiger partial charge is 0.272 e. The maximum atomic E-state index is 12.7. The van der Waals surface area contributed by atoms with Gasteiger partial charge in [0.1, 0.15) is 12.4 Å². The van der Waals surface area contributed by atoms with Crippen LogP contribution in [0.15, 0.2) is 29.6 Å². The van der Waals surface area contributed by atoms with Crippen LogP contribution in [0.2, 0.25) is 0 Å². The average molecular weight is 501 g/mol. The number of aromatic nitrogens is 1. The molecule has 0 radical (unpaired) electrons. The highest BCUT2D eigenvalue weighted by Gasteiger charge is 2.26. The molecule has 0 spiro atoms. The molecule has 1 heterocycles. The van der Waals surface area contributed by atoms with Crippen molar-refractivity contribution in [3.63, 3.8) is 0 Å². The van der Waals surface area contributed by atoms with E-state index in [1.165, 1.54) is 11.8 Å². The van der Waals surface area contributed by atoms with Crippen LogP contribution in [-0.2, 0) is 9.63 Å². The molecule has 1 unspecified atom stereocenters. The Bertz CT molecular complexity index is 842. The van der Waals surface area contributed by atoms with E-state index < -0.39 is 11.0 Å². The van der Waals surface area contributed by atoms with Crippen LogP contribution in [0.1, 0.15) is 26.3 Å². The van der Waals surface area contributed by atoms with Crippen LogP contribution in [-0.4, -0.2) is 40.9 Å². The van der Waals surface area contributed by atoms with Gasteiger partial charge in [0.05, 0.1) is 17.3 Å². The molecule has 1 aromatic heterocycles. The van der Waals surface area contributed by atoms with Gasteiger partial charge in [-0.3, -0.25) is 9.78 Å². The molecule has 8 heteroatoms. The number of thioether (sulfide) groups is 1. The van der Waals surface area contributed by atoms with E-state index in [4.69, 9.17) is 9.57 Å². The first kappa shape index (κ1) is 21.7. The van der Waals surface area contributed by atoms with Crippen molar-refractivity contribution in [3.8, 4) is 5.75 Å². The van der Waals surface area contributed by atoms with Crippen LogP contribution in [0.5, 0.6) is 5.75 Å². The molecule has 2 aromatic rings. The molecule has 1 N–H and O–H groups in total. The zero-order valence-corrected chi connectivity index (χ0v) is 19.1. The molecule has 1 amide bonds. The van der Waals surface area contributed by atoms with Crippen LogP contribution in [0.3, 0.4) is 0 Å². The third kappa shape index (κ3) is 6.24. The maximum Gasteiger partial charge on any atom is 0.272 e. The Morgan fingerprint density at radius 2 is 2.19 bits per heavy atom. The van der Waals surface area contributed by atoms with Gasteiger partial charge < -0.3 is 14.9 Å². The molecular weight excluding hydrogens is 477 g/mol. The number of fused-ring (bicyclic) bond motifs is 1. The lowest BCUT2D eigenvalue weighted by atomic mass is 10.1. The molecule has 0 aliphatic heterocycles. The number of halogens is 1. The van der Waals surface area contributed by atoms with E-state index in [0.717, 1.165) is 20.0 Å². The van der Waals surface area contributed by atoms with Gasteiger partial charge in [0.15, 0.2) is 0 Å². The molecule has 6 nitrogen and oxygen atoms in total. The Morgan fingerprint density at radius 1 is 1.44 bits per heavy atom. The van der Waals surface area contributed by atoms with E-state index >= 15 is 0 Å². The van der Waals surface area contributed by atoms with E-state index in [1.54, 1.807) is 6.21 Å². The summed E-state index contributed by atoms with van der Waals surface area (Å²) in [5, 5.41) is 7.75. The minimum atomic E-state index is -0.683. The van der Waals surface area contributed by atoms with Gasteiger partial charge in [-0.1, -0.05) is 5.16 Å². The largest absolute Gasteiger partial charge is 0.470 e. The quantitative estimate of drug-likeness (QED) is 0.255. The Hall–Kier alpha value is -1.55. The highest BCUT2D eigenvalue weighted by molar-refractivity contribution is 14.1. The van der Waals surface area contributed by atoms with Crippen molar-refractivity contribution in [2.75, 3.05) is 12.9 Å². The topological polar surface area (TPSA) is 72.8 Å². The van der Waals surface area contributed by atoms with Crippen molar-refractivity contribution in [3.05, 3.63) is 33.5 Å². The van der Waals surface area contributed by atoms with E-state index in [2.05, 4.69) is 38.0 Å². The van der Waals surface area contributed by atoms with Gasteiger partial charge in [-0.05, 0) is 80.3 Å². The second-order valence-corrected chi connectivity index (χ2v) is 8.66. The summed E-state index contributed by atoms with van der Waals surface area (Å²) in [7, 11) is 0. The Morgan fingerprint density at radius 3 is 2.85 bits per heavy atom. The summed E-state index contributed by atoms with van der Waals surface area (Å²) in [5.74, 6) is 0.410. The summed E-state index contributed by atoms with van der Waals surface area (Å²) in [6.07, 6.45) is 5.24. The fraction of sp³-hybridized carbons (Fsp3) is 0.421. The van der Waals surface area contributed by atoms with E-state index in [0.29, 0.717) is 12.4 Å². The lowest BCUT2D eigenvalue weighted by Gasteiger charge is -2.24. The number of carbonyl (C=O) groups excluding carboxylic acids is 1. The SMILES string of the molecule is CCO/N=C/C(C)(C)NC(=O)C(Oc1cc(C)c2ncc(I)cc2c1)SC. The van der Waals surface area contributed by atoms with Crippen LogP contribution < -0.4 is 10.1 Å². The summed E-state index contributed by atoms with van der Waals surface area (Å²) < 4.78 is 7.02. The fourth-order valence-corrected chi connectivity index (χ4v) is 3.38. The molecular formula is C19H24IN3O3S. The normalized spacial score (nSPS) is 13.0. The number of oxime groups is 1. The van der Waals surface area contributed by atoms with Crippen LogP contribution in [0.25, 0.3) is 10.9 Å². The lowest BCUT2D eigenvalue weighted by Crippen LogP contribution is -2.49. The third-order valence-corrected chi connectivity index (χ3v) is 4.94. The number of ether oxygens (including phenoxy) is 1. The summed E-state index contributed by atoms with van der Waals surface area (Å²) in [6, 6.07) is 5.86.